The number of aromatic nitrogens is 2. The number of ether oxygens (including phenoxy) is 2. The molecule has 0 unspecified atom stereocenters. The highest BCUT2D eigenvalue weighted by Gasteiger charge is 2.12. The summed E-state index contributed by atoms with van der Waals surface area (Å²) in [4.78, 5) is 11.1. The monoisotopic (exact) mass is 357 g/mol. The zero-order valence-electron chi connectivity index (χ0n) is 15.5. The molecule has 0 aromatic carbocycles. The second-order valence-corrected chi connectivity index (χ2v) is 6.28. The molecule has 2 N–H and O–H groups in total. The van der Waals surface area contributed by atoms with Crippen molar-refractivity contribution in [2.75, 3.05) is 51.0 Å². The van der Waals surface area contributed by atoms with Gasteiger partial charge >= 0.3 is 0 Å². The van der Waals surface area contributed by atoms with Crippen LogP contribution in [0, 0.1) is 0 Å². The lowest BCUT2D eigenvalue weighted by molar-refractivity contribution is 0.254. The zero-order valence-corrected chi connectivity index (χ0v) is 15.5. The molecule has 1 aliphatic heterocycles. The molecule has 0 atom stereocenters. The summed E-state index contributed by atoms with van der Waals surface area (Å²) in [7, 11) is 3.47. The SMILES string of the molecule is CNc1cc(Nc2cc(OCCCN3CCCC3)c(OC)cn2)ccn1. The van der Waals surface area contributed by atoms with Gasteiger partial charge in [0.1, 0.15) is 11.6 Å². The Labute approximate surface area is 154 Å². The van der Waals surface area contributed by atoms with Gasteiger partial charge < -0.3 is 25.0 Å². The molecule has 26 heavy (non-hydrogen) atoms. The first-order chi connectivity index (χ1) is 12.8. The molecule has 3 heterocycles. The molecule has 7 heteroatoms. The van der Waals surface area contributed by atoms with E-state index in [4.69, 9.17) is 9.47 Å². The Bertz CT molecular complexity index is 704. The van der Waals surface area contributed by atoms with Gasteiger partial charge in [-0.3, -0.25) is 0 Å². The first-order valence-corrected chi connectivity index (χ1v) is 9.08. The summed E-state index contributed by atoms with van der Waals surface area (Å²) < 4.78 is 11.3. The normalized spacial score (nSPS) is 14.2. The van der Waals surface area contributed by atoms with Crippen molar-refractivity contribution >= 4 is 17.3 Å². The summed E-state index contributed by atoms with van der Waals surface area (Å²) in [6.45, 7) is 4.18. The fourth-order valence-electron chi connectivity index (χ4n) is 3.03. The van der Waals surface area contributed by atoms with Gasteiger partial charge in [-0.1, -0.05) is 0 Å². The van der Waals surface area contributed by atoms with E-state index in [2.05, 4.69) is 25.5 Å². The average molecular weight is 357 g/mol. The molecule has 1 saturated heterocycles. The Kier molecular flexibility index (Phi) is 6.49. The third kappa shape index (κ3) is 4.98. The fourth-order valence-corrected chi connectivity index (χ4v) is 3.03. The van der Waals surface area contributed by atoms with Crippen LogP contribution in [0.5, 0.6) is 11.5 Å². The Balaban J connectivity index is 1.59. The van der Waals surface area contributed by atoms with Gasteiger partial charge in [0, 0.05) is 37.6 Å². The molecule has 2 aromatic rings. The molecule has 0 aliphatic carbocycles. The molecule has 0 saturated carbocycles. The predicted molar refractivity (Wildman–Crippen MR) is 104 cm³/mol. The number of rotatable bonds is 9. The second-order valence-electron chi connectivity index (χ2n) is 6.28. The van der Waals surface area contributed by atoms with Crippen LogP contribution in [0.25, 0.3) is 0 Å². The predicted octanol–water partition coefficient (Wildman–Crippen LogP) is 3.14. The summed E-state index contributed by atoms with van der Waals surface area (Å²) >= 11 is 0. The third-order valence-corrected chi connectivity index (χ3v) is 4.41. The van der Waals surface area contributed by atoms with Gasteiger partial charge in [0.2, 0.25) is 0 Å². The minimum Gasteiger partial charge on any atom is -0.491 e. The topological polar surface area (TPSA) is 71.5 Å². The van der Waals surface area contributed by atoms with E-state index in [0.717, 1.165) is 24.5 Å². The van der Waals surface area contributed by atoms with Crippen molar-refractivity contribution in [2.24, 2.45) is 0 Å². The number of methoxy groups -OCH3 is 1. The highest BCUT2D eigenvalue weighted by Crippen LogP contribution is 2.30. The molecule has 2 aromatic heterocycles. The molecule has 0 bridgehead atoms. The van der Waals surface area contributed by atoms with Crippen molar-refractivity contribution in [3.63, 3.8) is 0 Å². The van der Waals surface area contributed by atoms with Crippen molar-refractivity contribution in [1.82, 2.24) is 14.9 Å². The molecule has 7 nitrogen and oxygen atoms in total. The highest BCUT2D eigenvalue weighted by atomic mass is 16.5. The summed E-state index contributed by atoms with van der Waals surface area (Å²) in [6.07, 6.45) is 7.06. The maximum absolute atomic E-state index is 5.95. The Hall–Kier alpha value is -2.54. The third-order valence-electron chi connectivity index (χ3n) is 4.41. The lowest BCUT2D eigenvalue weighted by atomic mass is 10.3. The van der Waals surface area contributed by atoms with Crippen LogP contribution in [-0.4, -0.2) is 55.3 Å². The van der Waals surface area contributed by atoms with Crippen molar-refractivity contribution in [2.45, 2.75) is 19.3 Å². The van der Waals surface area contributed by atoms with E-state index < -0.39 is 0 Å². The van der Waals surface area contributed by atoms with Gasteiger partial charge in [0.15, 0.2) is 11.5 Å². The van der Waals surface area contributed by atoms with Crippen molar-refractivity contribution in [3.8, 4) is 11.5 Å². The van der Waals surface area contributed by atoms with Crippen LogP contribution in [0.3, 0.4) is 0 Å². The largest absolute Gasteiger partial charge is 0.491 e. The van der Waals surface area contributed by atoms with E-state index in [9.17, 15) is 0 Å². The number of anilines is 3. The van der Waals surface area contributed by atoms with Crippen LogP contribution in [-0.2, 0) is 0 Å². The Morgan fingerprint density at radius 3 is 2.73 bits per heavy atom. The number of hydrogen-bond donors (Lipinski definition) is 2. The van der Waals surface area contributed by atoms with Gasteiger partial charge in [0.05, 0.1) is 19.9 Å². The van der Waals surface area contributed by atoms with Crippen LogP contribution in [0.2, 0.25) is 0 Å². The smallest absolute Gasteiger partial charge is 0.179 e. The molecule has 1 fully saturated rings. The molecule has 140 valence electrons. The van der Waals surface area contributed by atoms with Gasteiger partial charge in [-0.05, 0) is 38.4 Å². The Morgan fingerprint density at radius 2 is 1.96 bits per heavy atom. The first-order valence-electron chi connectivity index (χ1n) is 9.08. The quantitative estimate of drug-likeness (QED) is 0.668. The number of likely N-dealkylation sites (tertiary alicyclic amines) is 1. The number of pyridine rings is 2. The highest BCUT2D eigenvalue weighted by molar-refractivity contribution is 5.61. The van der Waals surface area contributed by atoms with E-state index >= 15 is 0 Å². The number of nitrogens with zero attached hydrogens (tertiary/aromatic N) is 3. The minimum atomic E-state index is 0.641. The van der Waals surface area contributed by atoms with E-state index in [-0.39, 0.29) is 0 Å². The molecule has 0 radical (unpaired) electrons. The standard InChI is InChI=1S/C19H27N5O2/c1-20-18-12-15(6-7-21-18)23-19-13-16(17(25-2)14-22-19)26-11-5-10-24-8-3-4-9-24/h6-7,12-14H,3-5,8-11H2,1-2H3,(H2,20,21,22,23). The van der Waals surface area contributed by atoms with E-state index in [1.165, 1.54) is 25.9 Å². The molecule has 3 rings (SSSR count). The first kappa shape index (κ1) is 18.3. The lowest BCUT2D eigenvalue weighted by Gasteiger charge is -2.16. The number of hydrogen-bond acceptors (Lipinski definition) is 7. The van der Waals surface area contributed by atoms with Crippen molar-refractivity contribution in [1.29, 1.82) is 0 Å². The van der Waals surface area contributed by atoms with Gasteiger partial charge in [-0.2, -0.15) is 0 Å². The molecule has 1 aliphatic rings. The lowest BCUT2D eigenvalue weighted by Crippen LogP contribution is -2.21. The Morgan fingerprint density at radius 1 is 1.12 bits per heavy atom. The van der Waals surface area contributed by atoms with Crippen molar-refractivity contribution < 1.29 is 9.47 Å². The van der Waals surface area contributed by atoms with Gasteiger partial charge in [0.25, 0.3) is 0 Å². The van der Waals surface area contributed by atoms with E-state index in [0.29, 0.717) is 23.9 Å². The zero-order chi connectivity index (χ0) is 18.2. The van der Waals surface area contributed by atoms with Gasteiger partial charge in [-0.15, -0.1) is 0 Å². The second kappa shape index (κ2) is 9.24. The van der Waals surface area contributed by atoms with Crippen LogP contribution in [0.1, 0.15) is 19.3 Å². The average Bonchev–Trinajstić information content (AvgIpc) is 3.19. The summed E-state index contributed by atoms with van der Waals surface area (Å²) in [5.74, 6) is 2.84. The maximum Gasteiger partial charge on any atom is 0.179 e. The molecule has 0 spiro atoms. The fraction of sp³-hybridized carbons (Fsp3) is 0.474. The summed E-state index contributed by atoms with van der Waals surface area (Å²) in [5, 5.41) is 6.29. The number of nitrogens with one attached hydrogen (secondary N) is 2. The van der Waals surface area contributed by atoms with E-state index in [1.54, 1.807) is 19.5 Å². The van der Waals surface area contributed by atoms with E-state index in [1.807, 2.05) is 25.2 Å². The van der Waals surface area contributed by atoms with Crippen molar-refractivity contribution in [3.05, 3.63) is 30.6 Å². The van der Waals surface area contributed by atoms with Crippen LogP contribution in [0.15, 0.2) is 30.6 Å². The molecule has 0 amide bonds. The maximum atomic E-state index is 5.95. The summed E-state index contributed by atoms with van der Waals surface area (Å²) in [6, 6.07) is 5.68. The van der Waals surface area contributed by atoms with Gasteiger partial charge in [-0.25, -0.2) is 9.97 Å². The molecular formula is C19H27N5O2. The summed E-state index contributed by atoms with van der Waals surface area (Å²) in [5.41, 5.74) is 0.905. The minimum absolute atomic E-state index is 0.641. The van der Waals surface area contributed by atoms with Crippen LogP contribution < -0.4 is 20.1 Å². The molecular weight excluding hydrogens is 330 g/mol. The van der Waals surface area contributed by atoms with Crippen LogP contribution in [0.4, 0.5) is 17.3 Å². The van der Waals surface area contributed by atoms with Crippen LogP contribution >= 0.6 is 0 Å².